The van der Waals surface area contributed by atoms with E-state index in [2.05, 4.69) is 133 Å². The lowest BCUT2D eigenvalue weighted by Crippen LogP contribution is -2.49. The molecule has 2 heterocycles. The molecule has 0 atom stereocenters. The van der Waals surface area contributed by atoms with Gasteiger partial charge in [-0.1, -0.05) is 109 Å². The van der Waals surface area contributed by atoms with Crippen LogP contribution < -0.4 is 10.2 Å². The Balaban J connectivity index is 1.28. The molecule has 0 fully saturated rings. The van der Waals surface area contributed by atoms with Gasteiger partial charge in [-0.15, -0.1) is 0 Å². The van der Waals surface area contributed by atoms with Crippen molar-refractivity contribution in [2.24, 2.45) is 0 Å². The van der Waals surface area contributed by atoms with Gasteiger partial charge >= 0.3 is 7.48 Å². The summed E-state index contributed by atoms with van der Waals surface area (Å²) in [6.45, 7) is 7.40. The van der Waals surface area contributed by atoms with Crippen LogP contribution in [0.2, 0.25) is 0 Å². The summed E-state index contributed by atoms with van der Waals surface area (Å²) < 4.78 is 12.7. The number of para-hydroxylation sites is 3. The van der Waals surface area contributed by atoms with E-state index in [1.165, 1.54) is 27.6 Å². The van der Waals surface area contributed by atoms with Gasteiger partial charge in [-0.2, -0.15) is 0 Å². The van der Waals surface area contributed by atoms with E-state index >= 15 is 0 Å². The van der Waals surface area contributed by atoms with Crippen LogP contribution in [0.25, 0.3) is 44.1 Å². The fourth-order valence-electron chi connectivity index (χ4n) is 7.72. The topological polar surface area (TPSA) is 51.6 Å². The van der Waals surface area contributed by atoms with Crippen molar-refractivity contribution in [1.29, 1.82) is 0 Å². The van der Waals surface area contributed by atoms with Crippen molar-refractivity contribution < 1.29 is 14.5 Å². The molecule has 1 aliphatic heterocycles. The maximum absolute atomic E-state index is 10.6. The van der Waals surface area contributed by atoms with E-state index in [0.717, 1.165) is 55.6 Å². The summed E-state index contributed by atoms with van der Waals surface area (Å²) in [5.41, 5.74) is 9.08. The Morgan fingerprint density at radius 2 is 1.22 bits per heavy atom. The summed E-state index contributed by atoms with van der Waals surface area (Å²) in [5, 5.41) is 14.0. The van der Waals surface area contributed by atoms with Crippen molar-refractivity contribution in [3.05, 3.63) is 156 Å². The van der Waals surface area contributed by atoms with Gasteiger partial charge in [0.2, 0.25) is 0 Å². The third-order valence-electron chi connectivity index (χ3n) is 11.0. The van der Waals surface area contributed by atoms with Crippen molar-refractivity contribution in [3.63, 3.8) is 0 Å². The number of hydrogen-bond donors (Lipinski definition) is 1. The number of fused-ring (bicyclic) bond motifs is 12. The van der Waals surface area contributed by atoms with Gasteiger partial charge in [0, 0.05) is 27.5 Å². The maximum atomic E-state index is 10.6. The zero-order chi connectivity index (χ0) is 33.5. The van der Waals surface area contributed by atoms with E-state index in [1.807, 2.05) is 13.8 Å². The van der Waals surface area contributed by atoms with Crippen LogP contribution >= 0.6 is 0 Å². The summed E-state index contributed by atoms with van der Waals surface area (Å²) in [7, 11) is 0.405. The molecular weight excluding hydrogens is 601 g/mol. The molecule has 238 valence electrons. The van der Waals surface area contributed by atoms with Gasteiger partial charge in [0.1, 0.15) is 11.5 Å². The second kappa shape index (κ2) is 10.6. The lowest BCUT2D eigenvalue weighted by atomic mass is 9.66. The zero-order valence-electron chi connectivity index (χ0n) is 28.1. The molecule has 9 rings (SSSR count). The Morgan fingerprint density at radius 1 is 0.612 bits per heavy atom. The van der Waals surface area contributed by atoms with Gasteiger partial charge in [-0.05, 0) is 85.7 Å². The van der Waals surface area contributed by atoms with E-state index < -0.39 is 16.6 Å². The maximum Gasteiger partial charge on any atom is 0.309 e. The van der Waals surface area contributed by atoms with Gasteiger partial charge in [-0.25, -0.2) is 4.98 Å². The smallest absolute Gasteiger partial charge is 0.309 e. The first-order valence-corrected chi connectivity index (χ1v) is 17.0. The number of aromatic nitrogens is 1. The van der Waals surface area contributed by atoms with Gasteiger partial charge in [0.25, 0.3) is 0 Å². The zero-order valence-corrected chi connectivity index (χ0v) is 28.1. The predicted octanol–water partition coefficient (Wildman–Crippen LogP) is 9.07. The highest BCUT2D eigenvalue weighted by molar-refractivity contribution is 6.47. The van der Waals surface area contributed by atoms with Crippen molar-refractivity contribution in [2.75, 3.05) is 0 Å². The quantitative estimate of drug-likeness (QED) is 0.151. The van der Waals surface area contributed by atoms with Crippen molar-refractivity contribution in [1.82, 2.24) is 4.98 Å². The SMILES string of the molecule is CC(C)(O)C(C)(C)OBc1ccc(-c2nc3ccccc3c3cc4c(cc23)-c2ccccc2C42c3ccccc3Oc3ccccc32)cc1. The minimum atomic E-state index is -0.965. The van der Waals surface area contributed by atoms with Crippen molar-refractivity contribution in [2.45, 2.75) is 44.3 Å². The summed E-state index contributed by atoms with van der Waals surface area (Å²) >= 11 is 0. The molecule has 7 aromatic rings. The third-order valence-corrected chi connectivity index (χ3v) is 11.0. The van der Waals surface area contributed by atoms with Crippen LogP contribution in [-0.4, -0.2) is 28.8 Å². The highest BCUT2D eigenvalue weighted by atomic mass is 16.5. The van der Waals surface area contributed by atoms with Crippen LogP contribution in [0.5, 0.6) is 11.5 Å². The molecule has 0 bridgehead atoms. The number of hydrogen-bond acceptors (Lipinski definition) is 4. The number of ether oxygens (including phenoxy) is 1. The number of rotatable bonds is 5. The molecule has 1 aliphatic carbocycles. The Labute approximate surface area is 287 Å². The molecule has 49 heavy (non-hydrogen) atoms. The number of aliphatic hydroxyl groups is 1. The third kappa shape index (κ3) is 4.36. The first-order valence-electron chi connectivity index (χ1n) is 17.0. The summed E-state index contributed by atoms with van der Waals surface area (Å²) in [6.07, 6.45) is 0. The van der Waals surface area contributed by atoms with Crippen LogP contribution in [0.4, 0.5) is 0 Å². The highest BCUT2D eigenvalue weighted by Crippen LogP contribution is 2.62. The highest BCUT2D eigenvalue weighted by Gasteiger charge is 2.51. The summed E-state index contributed by atoms with van der Waals surface area (Å²) in [5.74, 6) is 1.78. The molecule has 1 N–H and O–H groups in total. The van der Waals surface area contributed by atoms with Crippen LogP contribution in [0.1, 0.15) is 49.9 Å². The normalized spacial score (nSPS) is 14.2. The van der Waals surface area contributed by atoms with E-state index in [9.17, 15) is 5.11 Å². The molecule has 0 saturated heterocycles. The fourth-order valence-corrected chi connectivity index (χ4v) is 7.72. The molecular formula is C44H36BNO3. The largest absolute Gasteiger partial charge is 0.457 e. The molecule has 0 saturated carbocycles. The Kier molecular flexibility index (Phi) is 6.49. The van der Waals surface area contributed by atoms with Gasteiger partial charge in [0.05, 0.1) is 27.8 Å². The molecule has 6 aromatic carbocycles. The first-order chi connectivity index (χ1) is 23.7. The second-order valence-electron chi connectivity index (χ2n) is 14.4. The molecule has 4 nitrogen and oxygen atoms in total. The molecule has 0 unspecified atom stereocenters. The van der Waals surface area contributed by atoms with Crippen LogP contribution in [-0.2, 0) is 10.1 Å². The van der Waals surface area contributed by atoms with Gasteiger partial charge in [0.15, 0.2) is 0 Å². The predicted molar refractivity (Wildman–Crippen MR) is 200 cm³/mol. The molecule has 5 heteroatoms. The Morgan fingerprint density at radius 3 is 1.92 bits per heavy atom. The Hall–Kier alpha value is -5.23. The molecule has 1 aromatic heterocycles. The van der Waals surface area contributed by atoms with Crippen molar-refractivity contribution in [3.8, 4) is 33.9 Å². The molecule has 0 amide bonds. The van der Waals surface area contributed by atoms with E-state index in [0.29, 0.717) is 7.48 Å². The van der Waals surface area contributed by atoms with Crippen LogP contribution in [0.3, 0.4) is 0 Å². The van der Waals surface area contributed by atoms with E-state index in [4.69, 9.17) is 14.4 Å². The average molecular weight is 638 g/mol. The lowest BCUT2D eigenvalue weighted by molar-refractivity contribution is -0.0893. The molecule has 1 spiro atoms. The van der Waals surface area contributed by atoms with E-state index in [-0.39, 0.29) is 0 Å². The minimum Gasteiger partial charge on any atom is -0.457 e. The standard InChI is InChI=1S/C44H36BNO3/c1-42(2,47)43(3,4)49-45-28-23-21-27(22-24-28)41-33-25-32-29-13-5-7-15-34(29)44(37(32)26-31(33)30-14-6-10-18-38(30)46-41)35-16-8-11-19-39(35)48-40-20-12-9-17-36(40)44/h5-26,45,47H,1-4H3. The first kappa shape index (κ1) is 29.9. The summed E-state index contributed by atoms with van der Waals surface area (Å²) in [6, 6.07) is 47.6. The summed E-state index contributed by atoms with van der Waals surface area (Å²) in [4.78, 5) is 5.29. The van der Waals surface area contributed by atoms with Crippen molar-refractivity contribution >= 4 is 34.6 Å². The van der Waals surface area contributed by atoms with Gasteiger partial charge in [-0.3, -0.25) is 0 Å². The average Bonchev–Trinajstić information content (AvgIpc) is 3.39. The lowest BCUT2D eigenvalue weighted by Gasteiger charge is -2.39. The Bertz CT molecular complexity index is 2400. The monoisotopic (exact) mass is 637 g/mol. The minimum absolute atomic E-state index is 0.405. The number of nitrogens with zero attached hydrogens (tertiary/aromatic N) is 1. The molecule has 2 aliphatic rings. The van der Waals surface area contributed by atoms with Crippen LogP contribution in [0, 0.1) is 0 Å². The van der Waals surface area contributed by atoms with Crippen LogP contribution in [0.15, 0.2) is 133 Å². The fraction of sp³-hybridized carbons (Fsp3) is 0.159. The van der Waals surface area contributed by atoms with E-state index in [1.54, 1.807) is 13.8 Å². The number of pyridine rings is 1. The van der Waals surface area contributed by atoms with Gasteiger partial charge < -0.3 is 14.5 Å². The second-order valence-corrected chi connectivity index (χ2v) is 14.4. The molecule has 0 radical (unpaired) electrons. The number of benzene rings is 6.